The van der Waals surface area contributed by atoms with Crippen molar-refractivity contribution in [1.29, 1.82) is 0 Å². The molecule has 0 amide bonds. The van der Waals surface area contributed by atoms with Crippen LogP contribution >= 0.6 is 23.8 Å². The SMILES string of the molecule is CCCCn1c(=O)n(CCCCc2noc(-c3c[nH]c(=S)n3C)n2)c(=O)c2[nH]c(Cl)nc21. The van der Waals surface area contributed by atoms with Gasteiger partial charge < -0.3 is 19.1 Å². The Bertz CT molecular complexity index is 1420. The third kappa shape index (κ3) is 4.19. The lowest BCUT2D eigenvalue weighted by Gasteiger charge is -2.10. The van der Waals surface area contributed by atoms with Gasteiger partial charge in [-0.05, 0) is 43.1 Å². The van der Waals surface area contributed by atoms with Gasteiger partial charge in [-0.3, -0.25) is 13.9 Å². The normalized spacial score (nSPS) is 11.6. The Morgan fingerprint density at radius 2 is 1.94 bits per heavy atom. The number of H-pyrrole nitrogens is 2. The summed E-state index contributed by atoms with van der Waals surface area (Å²) in [5.74, 6) is 0.932. The van der Waals surface area contributed by atoms with Gasteiger partial charge in [-0.2, -0.15) is 9.97 Å². The molecule has 0 spiro atoms. The van der Waals surface area contributed by atoms with Gasteiger partial charge in [-0.25, -0.2) is 4.79 Å². The van der Waals surface area contributed by atoms with Crippen LogP contribution < -0.4 is 11.2 Å². The highest BCUT2D eigenvalue weighted by molar-refractivity contribution is 7.71. The monoisotopic (exact) mass is 478 g/mol. The second-order valence-electron chi connectivity index (χ2n) is 7.48. The molecule has 0 aromatic carbocycles. The number of halogens is 1. The summed E-state index contributed by atoms with van der Waals surface area (Å²) < 4.78 is 10.4. The molecule has 2 N–H and O–H groups in total. The third-order valence-electron chi connectivity index (χ3n) is 5.29. The third-order valence-corrected chi connectivity index (χ3v) is 5.86. The summed E-state index contributed by atoms with van der Waals surface area (Å²) in [6.07, 6.45) is 5.24. The zero-order valence-corrected chi connectivity index (χ0v) is 19.3. The summed E-state index contributed by atoms with van der Waals surface area (Å²) in [5, 5.41) is 4.09. The van der Waals surface area contributed by atoms with Crippen molar-refractivity contribution in [3.63, 3.8) is 0 Å². The fraction of sp³-hybridized carbons (Fsp3) is 0.474. The van der Waals surface area contributed by atoms with Crippen molar-refractivity contribution in [3.8, 4) is 11.6 Å². The second-order valence-corrected chi connectivity index (χ2v) is 8.23. The van der Waals surface area contributed by atoms with Gasteiger partial charge in [0.05, 0.1) is 0 Å². The first-order valence-electron chi connectivity index (χ1n) is 10.4. The van der Waals surface area contributed by atoms with E-state index < -0.39 is 5.56 Å². The quantitative estimate of drug-likeness (QED) is 0.215. The molecule has 170 valence electrons. The molecule has 0 aliphatic carbocycles. The maximum absolute atomic E-state index is 13.0. The highest BCUT2D eigenvalue weighted by atomic mass is 35.5. The molecule has 4 aromatic rings. The van der Waals surface area contributed by atoms with E-state index in [-0.39, 0.29) is 23.0 Å². The van der Waals surface area contributed by atoms with E-state index in [9.17, 15) is 9.59 Å². The van der Waals surface area contributed by atoms with Crippen molar-refractivity contribution >= 4 is 35.0 Å². The van der Waals surface area contributed by atoms with Gasteiger partial charge in [-0.1, -0.05) is 18.5 Å². The summed E-state index contributed by atoms with van der Waals surface area (Å²) in [5.41, 5.74) is 0.460. The van der Waals surface area contributed by atoms with Crippen LogP contribution in [-0.4, -0.2) is 38.8 Å². The predicted molar refractivity (Wildman–Crippen MR) is 121 cm³/mol. The number of aromatic nitrogens is 8. The molecule has 0 atom stereocenters. The average Bonchev–Trinajstić information content (AvgIpc) is 3.47. The number of fused-ring (bicyclic) bond motifs is 1. The van der Waals surface area contributed by atoms with Crippen LogP contribution in [0.4, 0.5) is 0 Å². The number of aryl methyl sites for hydroxylation is 2. The minimum absolute atomic E-state index is 0.0893. The van der Waals surface area contributed by atoms with Crippen LogP contribution in [0.5, 0.6) is 0 Å². The fourth-order valence-electron chi connectivity index (χ4n) is 3.50. The maximum Gasteiger partial charge on any atom is 0.332 e. The van der Waals surface area contributed by atoms with Gasteiger partial charge >= 0.3 is 5.69 Å². The number of unbranched alkanes of at least 4 members (excludes halogenated alkanes) is 2. The van der Waals surface area contributed by atoms with Gasteiger partial charge in [-0.15, -0.1) is 0 Å². The molecule has 0 saturated carbocycles. The summed E-state index contributed by atoms with van der Waals surface area (Å²) in [4.78, 5) is 40.0. The lowest BCUT2D eigenvalue weighted by atomic mass is 10.2. The lowest BCUT2D eigenvalue weighted by Crippen LogP contribution is -2.40. The van der Waals surface area contributed by atoms with Crippen LogP contribution in [0, 0.1) is 4.77 Å². The van der Waals surface area contributed by atoms with Crippen LogP contribution in [0.2, 0.25) is 5.28 Å². The molecule has 32 heavy (non-hydrogen) atoms. The topological polar surface area (TPSA) is 132 Å². The summed E-state index contributed by atoms with van der Waals surface area (Å²) in [7, 11) is 1.81. The highest BCUT2D eigenvalue weighted by Crippen LogP contribution is 2.17. The van der Waals surface area contributed by atoms with Crippen molar-refractivity contribution in [2.24, 2.45) is 7.05 Å². The first-order chi connectivity index (χ1) is 15.4. The molecule has 0 fully saturated rings. The van der Waals surface area contributed by atoms with Crippen LogP contribution in [0.1, 0.15) is 38.4 Å². The summed E-state index contributed by atoms with van der Waals surface area (Å²) >= 11 is 11.1. The zero-order chi connectivity index (χ0) is 22.8. The number of rotatable bonds is 9. The fourth-order valence-corrected chi connectivity index (χ4v) is 3.84. The van der Waals surface area contributed by atoms with E-state index in [1.807, 2.05) is 14.0 Å². The van der Waals surface area contributed by atoms with Gasteiger partial charge in [0.25, 0.3) is 11.4 Å². The molecular weight excluding hydrogens is 456 g/mol. The number of imidazole rings is 2. The first-order valence-corrected chi connectivity index (χ1v) is 11.2. The number of hydrogen-bond acceptors (Lipinski definition) is 7. The molecule has 4 aromatic heterocycles. The lowest BCUT2D eigenvalue weighted by molar-refractivity contribution is 0.418. The van der Waals surface area contributed by atoms with Crippen molar-refractivity contribution in [2.75, 3.05) is 0 Å². The Balaban J connectivity index is 1.47. The standard InChI is InChI=1S/C19H23ClN8O3S/c1-3-4-8-27-14-13(23-17(20)24-14)16(29)28(19(27)30)9-6-5-7-12-22-15(31-25-12)11-10-21-18(32)26(11)2/h10H,3-9H2,1-2H3,(H,21,32)(H,23,24). The van der Waals surface area contributed by atoms with E-state index in [0.717, 1.165) is 12.8 Å². The van der Waals surface area contributed by atoms with Crippen molar-refractivity contribution < 1.29 is 4.52 Å². The average molecular weight is 479 g/mol. The number of nitrogens with zero attached hydrogens (tertiary/aromatic N) is 6. The minimum atomic E-state index is -0.418. The first kappa shape index (κ1) is 22.2. The van der Waals surface area contributed by atoms with E-state index in [0.29, 0.717) is 53.6 Å². The van der Waals surface area contributed by atoms with Crippen LogP contribution in [-0.2, 0) is 26.6 Å². The van der Waals surface area contributed by atoms with Gasteiger partial charge in [0.15, 0.2) is 21.8 Å². The zero-order valence-electron chi connectivity index (χ0n) is 17.7. The molecule has 11 nitrogen and oxygen atoms in total. The highest BCUT2D eigenvalue weighted by Gasteiger charge is 2.17. The van der Waals surface area contributed by atoms with Crippen molar-refractivity contribution in [2.45, 2.75) is 52.1 Å². The second kappa shape index (κ2) is 9.25. The molecule has 13 heteroatoms. The van der Waals surface area contributed by atoms with E-state index in [4.69, 9.17) is 28.3 Å². The van der Waals surface area contributed by atoms with Gasteiger partial charge in [0, 0.05) is 32.8 Å². The minimum Gasteiger partial charge on any atom is -0.337 e. The van der Waals surface area contributed by atoms with E-state index >= 15 is 0 Å². The molecule has 0 aliphatic rings. The molecule has 0 bridgehead atoms. The van der Waals surface area contributed by atoms with E-state index in [1.54, 1.807) is 10.8 Å². The molecule has 0 aliphatic heterocycles. The Kier molecular flexibility index (Phi) is 6.42. The predicted octanol–water partition coefficient (Wildman–Crippen LogP) is 2.81. The Morgan fingerprint density at radius 1 is 1.16 bits per heavy atom. The van der Waals surface area contributed by atoms with E-state index in [1.165, 1.54) is 9.13 Å². The smallest absolute Gasteiger partial charge is 0.332 e. The molecule has 0 radical (unpaired) electrons. The van der Waals surface area contributed by atoms with Crippen molar-refractivity contribution in [1.82, 2.24) is 38.8 Å². The molecule has 4 heterocycles. The van der Waals surface area contributed by atoms with Crippen LogP contribution in [0.15, 0.2) is 20.3 Å². The number of aromatic amines is 2. The molecule has 4 rings (SSSR count). The molecule has 0 saturated heterocycles. The van der Waals surface area contributed by atoms with Crippen LogP contribution in [0.3, 0.4) is 0 Å². The Labute approximate surface area is 192 Å². The molecule has 0 unspecified atom stereocenters. The number of hydrogen-bond donors (Lipinski definition) is 2. The Morgan fingerprint density at radius 3 is 2.66 bits per heavy atom. The van der Waals surface area contributed by atoms with Crippen LogP contribution in [0.25, 0.3) is 22.7 Å². The summed E-state index contributed by atoms with van der Waals surface area (Å²) in [6, 6.07) is 0. The Hall–Kier alpha value is -2.99. The largest absolute Gasteiger partial charge is 0.337 e. The van der Waals surface area contributed by atoms with Crippen molar-refractivity contribution in [3.05, 3.63) is 42.9 Å². The van der Waals surface area contributed by atoms with Gasteiger partial charge in [0.1, 0.15) is 5.69 Å². The van der Waals surface area contributed by atoms with E-state index in [2.05, 4.69) is 25.1 Å². The number of nitrogens with one attached hydrogen (secondary N) is 2. The summed E-state index contributed by atoms with van der Waals surface area (Å²) in [6.45, 7) is 2.78. The molecular formula is C19H23ClN8O3S. The van der Waals surface area contributed by atoms with Gasteiger partial charge in [0.2, 0.25) is 5.28 Å². The maximum atomic E-state index is 13.0.